The Bertz CT molecular complexity index is 469. The average molecular weight is 226 g/mol. The maximum absolute atomic E-state index is 10.8. The van der Waals surface area contributed by atoms with Crippen LogP contribution in [0.5, 0.6) is 5.88 Å². The van der Waals surface area contributed by atoms with Gasteiger partial charge in [0.25, 0.3) is 0 Å². The molecule has 1 atom stereocenters. The third kappa shape index (κ3) is 1.46. The second-order valence-corrected chi connectivity index (χ2v) is 3.45. The number of methoxy groups -OCH3 is 1. The van der Waals surface area contributed by atoms with Gasteiger partial charge in [0.15, 0.2) is 0 Å². The van der Waals surface area contributed by atoms with Crippen molar-refractivity contribution in [1.82, 2.24) is 9.97 Å². The van der Waals surface area contributed by atoms with Crippen molar-refractivity contribution in [2.75, 3.05) is 12.4 Å². The van der Waals surface area contributed by atoms with Crippen LogP contribution in [0.3, 0.4) is 0 Å². The lowest BCUT2D eigenvalue weighted by atomic mass is 10.1. The number of carbonyl (C=O) groups excluding carboxylic acids is 1. The van der Waals surface area contributed by atoms with Gasteiger partial charge in [-0.15, -0.1) is 0 Å². The van der Waals surface area contributed by atoms with Crippen LogP contribution in [-0.2, 0) is 4.79 Å². The van der Waals surface area contributed by atoms with Gasteiger partial charge in [0.1, 0.15) is 11.8 Å². The minimum Gasteiger partial charge on any atom is -0.480 e. The van der Waals surface area contributed by atoms with E-state index in [2.05, 4.69) is 15.3 Å². The molecule has 0 spiro atoms. The first-order chi connectivity index (χ1) is 7.17. The van der Waals surface area contributed by atoms with Gasteiger partial charge in [-0.3, -0.25) is 0 Å². The van der Waals surface area contributed by atoms with Crippen LogP contribution in [0.25, 0.3) is 5.57 Å². The summed E-state index contributed by atoms with van der Waals surface area (Å²) in [6.45, 7) is 1.83. The number of nitrogens with zero attached hydrogens (tertiary/aromatic N) is 2. The number of hydrogen-bond donors (Lipinski definition) is 1. The molecule has 1 aliphatic heterocycles. The van der Waals surface area contributed by atoms with Gasteiger partial charge < -0.3 is 10.1 Å². The van der Waals surface area contributed by atoms with Crippen molar-refractivity contribution in [3.05, 3.63) is 10.8 Å². The second-order valence-electron chi connectivity index (χ2n) is 3.11. The predicted molar refractivity (Wildman–Crippen MR) is 55.8 cm³/mol. The topological polar surface area (TPSA) is 64.1 Å². The molecule has 1 N–H and O–H groups in total. The summed E-state index contributed by atoms with van der Waals surface area (Å²) in [7, 11) is 1.46. The fraction of sp³-hybridized carbons (Fsp3) is 0.333. The van der Waals surface area contributed by atoms with E-state index in [1.165, 1.54) is 7.11 Å². The van der Waals surface area contributed by atoms with Crippen molar-refractivity contribution in [2.24, 2.45) is 0 Å². The molecule has 15 heavy (non-hydrogen) atoms. The van der Waals surface area contributed by atoms with Gasteiger partial charge in [0.05, 0.1) is 24.3 Å². The second kappa shape index (κ2) is 3.53. The van der Waals surface area contributed by atoms with E-state index in [0.29, 0.717) is 22.8 Å². The molecular formula is C9H8ClN3O2. The normalized spacial score (nSPS) is 18.1. The molecule has 0 radical (unpaired) electrons. The molecule has 1 aromatic rings. The zero-order chi connectivity index (χ0) is 11.0. The number of rotatable bonds is 1. The fourth-order valence-corrected chi connectivity index (χ4v) is 1.70. The van der Waals surface area contributed by atoms with Crippen LogP contribution in [-0.4, -0.2) is 29.1 Å². The lowest BCUT2D eigenvalue weighted by Crippen LogP contribution is -2.09. The summed E-state index contributed by atoms with van der Waals surface area (Å²) in [5, 5.41) is 3.08. The Balaban J connectivity index is 2.69. The van der Waals surface area contributed by atoms with E-state index in [-0.39, 0.29) is 11.3 Å². The van der Waals surface area contributed by atoms with Gasteiger partial charge in [0.2, 0.25) is 11.2 Å². The lowest BCUT2D eigenvalue weighted by molar-refractivity contribution is 0.396. The van der Waals surface area contributed by atoms with Crippen LogP contribution < -0.4 is 10.1 Å². The van der Waals surface area contributed by atoms with Crippen LogP contribution in [0.1, 0.15) is 12.5 Å². The molecule has 2 heterocycles. The third-order valence-electron chi connectivity index (χ3n) is 2.21. The number of fused-ring (bicyclic) bond motifs is 1. The highest BCUT2D eigenvalue weighted by atomic mass is 35.5. The SMILES string of the molecule is COc1nc(Cl)nc2c1C(=C=O)C(C)N2. The monoisotopic (exact) mass is 225 g/mol. The first-order valence-corrected chi connectivity index (χ1v) is 4.68. The van der Waals surface area contributed by atoms with Crippen LogP contribution in [0.4, 0.5) is 5.82 Å². The average Bonchev–Trinajstić information content (AvgIpc) is 2.52. The summed E-state index contributed by atoms with van der Waals surface area (Å²) in [6, 6.07) is -0.154. The van der Waals surface area contributed by atoms with Gasteiger partial charge >= 0.3 is 0 Å². The zero-order valence-corrected chi connectivity index (χ0v) is 8.92. The summed E-state index contributed by atoms with van der Waals surface area (Å²) < 4.78 is 5.04. The highest BCUT2D eigenvalue weighted by Crippen LogP contribution is 2.38. The maximum Gasteiger partial charge on any atom is 0.228 e. The van der Waals surface area contributed by atoms with E-state index in [0.717, 1.165) is 0 Å². The lowest BCUT2D eigenvalue weighted by Gasteiger charge is -2.04. The highest BCUT2D eigenvalue weighted by molar-refractivity contribution is 6.28. The molecule has 0 aliphatic carbocycles. The largest absolute Gasteiger partial charge is 0.480 e. The highest BCUT2D eigenvalue weighted by Gasteiger charge is 2.30. The van der Waals surface area contributed by atoms with Crippen LogP contribution in [0, 0.1) is 0 Å². The molecule has 0 bridgehead atoms. The van der Waals surface area contributed by atoms with Gasteiger partial charge in [-0.05, 0) is 18.5 Å². The van der Waals surface area contributed by atoms with Gasteiger partial charge in [0, 0.05) is 0 Å². The molecule has 1 aliphatic rings. The smallest absolute Gasteiger partial charge is 0.228 e. The zero-order valence-electron chi connectivity index (χ0n) is 8.17. The molecule has 0 fully saturated rings. The number of ether oxygens (including phenoxy) is 1. The molecule has 5 nitrogen and oxygen atoms in total. The molecule has 6 heteroatoms. The maximum atomic E-state index is 10.8. The molecular weight excluding hydrogens is 218 g/mol. The van der Waals surface area contributed by atoms with Crippen molar-refractivity contribution in [3.63, 3.8) is 0 Å². The molecule has 1 unspecified atom stereocenters. The quantitative estimate of drug-likeness (QED) is 0.574. The van der Waals surface area contributed by atoms with Gasteiger partial charge in [-0.25, -0.2) is 4.79 Å². The summed E-state index contributed by atoms with van der Waals surface area (Å²) in [4.78, 5) is 18.6. The number of nitrogens with one attached hydrogen (secondary N) is 1. The molecule has 1 aromatic heterocycles. The number of halogens is 1. The summed E-state index contributed by atoms with van der Waals surface area (Å²) >= 11 is 5.70. The first-order valence-electron chi connectivity index (χ1n) is 4.30. The minimum absolute atomic E-state index is 0.0810. The Hall–Kier alpha value is -1.58. The summed E-state index contributed by atoms with van der Waals surface area (Å²) in [5.41, 5.74) is 1.00. The van der Waals surface area contributed by atoms with E-state index in [9.17, 15) is 4.79 Å². The summed E-state index contributed by atoms with van der Waals surface area (Å²) in [6.07, 6.45) is 0. The Morgan fingerprint density at radius 2 is 2.27 bits per heavy atom. The van der Waals surface area contributed by atoms with E-state index < -0.39 is 0 Å². The van der Waals surface area contributed by atoms with Crippen molar-refractivity contribution in [1.29, 1.82) is 0 Å². The first kappa shape index (κ1) is 9.96. The van der Waals surface area contributed by atoms with E-state index in [1.807, 2.05) is 12.9 Å². The predicted octanol–water partition coefficient (Wildman–Crippen LogP) is 1.17. The molecule has 2 rings (SSSR count). The van der Waals surface area contributed by atoms with Crippen LogP contribution in [0.15, 0.2) is 0 Å². The van der Waals surface area contributed by atoms with Crippen molar-refractivity contribution < 1.29 is 9.53 Å². The van der Waals surface area contributed by atoms with Crippen molar-refractivity contribution >= 4 is 28.9 Å². The molecule has 78 valence electrons. The molecule has 0 aromatic carbocycles. The molecule has 0 saturated carbocycles. The van der Waals surface area contributed by atoms with Crippen molar-refractivity contribution in [3.8, 4) is 5.88 Å². The van der Waals surface area contributed by atoms with Gasteiger partial charge in [-0.1, -0.05) is 0 Å². The Morgan fingerprint density at radius 1 is 1.53 bits per heavy atom. The Kier molecular flexibility index (Phi) is 2.34. The third-order valence-corrected chi connectivity index (χ3v) is 2.38. The van der Waals surface area contributed by atoms with E-state index in [1.54, 1.807) is 0 Å². The van der Waals surface area contributed by atoms with Crippen LogP contribution in [0.2, 0.25) is 5.28 Å². The van der Waals surface area contributed by atoms with Gasteiger partial charge in [-0.2, -0.15) is 9.97 Å². The molecule has 0 saturated heterocycles. The van der Waals surface area contributed by atoms with E-state index in [4.69, 9.17) is 16.3 Å². The number of aromatic nitrogens is 2. The van der Waals surface area contributed by atoms with Crippen LogP contribution >= 0.6 is 11.6 Å². The standard InChI is InChI=1S/C9H8ClN3O2/c1-4-5(3-14)6-7(11-4)12-9(10)13-8(6)15-2/h4H,1-2H3,(H,11,12,13). The fourth-order valence-electron chi connectivity index (χ4n) is 1.54. The van der Waals surface area contributed by atoms with Crippen molar-refractivity contribution in [2.45, 2.75) is 13.0 Å². The Labute approximate surface area is 91.1 Å². The van der Waals surface area contributed by atoms with E-state index >= 15 is 0 Å². The minimum atomic E-state index is -0.154. The number of anilines is 1. The Morgan fingerprint density at radius 3 is 2.87 bits per heavy atom. The summed E-state index contributed by atoms with van der Waals surface area (Å²) in [5.74, 6) is 2.67. The molecule has 0 amide bonds. The number of hydrogen-bond acceptors (Lipinski definition) is 5.